The van der Waals surface area contributed by atoms with Gasteiger partial charge in [0.1, 0.15) is 35.3 Å². The van der Waals surface area contributed by atoms with Crippen molar-refractivity contribution in [2.75, 3.05) is 18.9 Å². The van der Waals surface area contributed by atoms with Crippen molar-refractivity contribution in [3.05, 3.63) is 72.6 Å². The van der Waals surface area contributed by atoms with Crippen LogP contribution in [0.4, 0.5) is 5.82 Å². The molecule has 0 saturated heterocycles. The van der Waals surface area contributed by atoms with Crippen molar-refractivity contribution < 1.29 is 27.9 Å². The van der Waals surface area contributed by atoms with Gasteiger partial charge in [-0.2, -0.15) is 5.09 Å². The number of nitrogens with one attached hydrogen (secondary N) is 1. The summed E-state index contributed by atoms with van der Waals surface area (Å²) in [4.78, 5) is 22.3. The van der Waals surface area contributed by atoms with Crippen LogP contribution in [0.25, 0.3) is 32.7 Å². The number of carbonyl (C=O) groups is 1. The maximum atomic E-state index is 14.5. The lowest BCUT2D eigenvalue weighted by atomic mass is 10.1. The molecule has 0 unspecified atom stereocenters. The molecule has 0 amide bonds. The summed E-state index contributed by atoms with van der Waals surface area (Å²) in [5.74, 6) is 0.685. The van der Waals surface area contributed by atoms with E-state index in [0.29, 0.717) is 35.9 Å². The maximum Gasteiger partial charge on any atom is 0.459 e. The van der Waals surface area contributed by atoms with E-state index in [-0.39, 0.29) is 19.3 Å². The summed E-state index contributed by atoms with van der Waals surface area (Å²) in [6.07, 6.45) is 0.582. The third-order valence-electron chi connectivity index (χ3n) is 7.39. The Labute approximate surface area is 269 Å². The second kappa shape index (κ2) is 13.8. The average Bonchev–Trinajstić information content (AvgIpc) is 3.39. The smallest absolute Gasteiger partial charge is 0.459 e. The molecular formula is C34H42N5O6P. The Morgan fingerprint density at radius 2 is 1.74 bits per heavy atom. The fraction of sp³-hybridized carbons (Fsp3) is 0.382. The van der Waals surface area contributed by atoms with E-state index in [0.717, 1.165) is 27.2 Å². The van der Waals surface area contributed by atoms with Crippen molar-refractivity contribution in [3.63, 3.8) is 0 Å². The van der Waals surface area contributed by atoms with Crippen molar-refractivity contribution in [2.24, 2.45) is 0 Å². The molecule has 0 aliphatic heterocycles. The van der Waals surface area contributed by atoms with E-state index in [4.69, 9.17) is 29.2 Å². The molecule has 5 aromatic rings. The van der Waals surface area contributed by atoms with Crippen LogP contribution in [0.2, 0.25) is 0 Å². The summed E-state index contributed by atoms with van der Waals surface area (Å²) in [6.45, 7) is 11.5. The van der Waals surface area contributed by atoms with Crippen LogP contribution in [0.1, 0.15) is 59.8 Å². The molecule has 244 valence electrons. The van der Waals surface area contributed by atoms with E-state index >= 15 is 0 Å². The highest BCUT2D eigenvalue weighted by Gasteiger charge is 2.35. The van der Waals surface area contributed by atoms with Crippen molar-refractivity contribution >= 4 is 52.2 Å². The lowest BCUT2D eigenvalue weighted by molar-refractivity contribution is -0.156. The zero-order valence-electron chi connectivity index (χ0n) is 27.1. The number of fused-ring (bicyclic) bond motifs is 4. The van der Waals surface area contributed by atoms with Crippen LogP contribution in [-0.4, -0.2) is 45.4 Å². The van der Waals surface area contributed by atoms with Gasteiger partial charge in [0.15, 0.2) is 5.82 Å². The minimum atomic E-state index is -4.17. The number of benzene rings is 3. The number of nitrogens with two attached hydrogens (primary N) is 1. The highest BCUT2D eigenvalue weighted by atomic mass is 31.2. The highest BCUT2D eigenvalue weighted by molar-refractivity contribution is 7.52. The Kier molecular flexibility index (Phi) is 9.98. The molecular weight excluding hydrogens is 605 g/mol. The molecule has 0 radical (unpaired) electrons. The summed E-state index contributed by atoms with van der Waals surface area (Å²) in [5, 5.41) is 5.59. The number of carbonyl (C=O) groups excluding carboxylic acids is 1. The van der Waals surface area contributed by atoms with Crippen LogP contribution in [0, 0.1) is 0 Å². The van der Waals surface area contributed by atoms with E-state index in [2.05, 4.69) is 10.1 Å². The summed E-state index contributed by atoms with van der Waals surface area (Å²) < 4.78 is 40.2. The largest absolute Gasteiger partial charge is 0.459 e. The molecule has 12 heteroatoms. The fourth-order valence-electron chi connectivity index (χ4n) is 5.25. The number of rotatable bonds is 13. The molecule has 2 heterocycles. The number of nitrogens with zero attached hydrogens (tertiary/aromatic N) is 3. The number of ether oxygens (including phenoxy) is 2. The number of nitrogen functional groups attached to an aromatic ring is 1. The summed E-state index contributed by atoms with van der Waals surface area (Å²) >= 11 is 0. The van der Waals surface area contributed by atoms with Crippen molar-refractivity contribution in [3.8, 4) is 5.75 Å². The van der Waals surface area contributed by atoms with Crippen LogP contribution in [0.5, 0.6) is 5.75 Å². The van der Waals surface area contributed by atoms with Gasteiger partial charge in [-0.15, -0.1) is 0 Å². The van der Waals surface area contributed by atoms with Crippen LogP contribution < -0.4 is 15.3 Å². The minimum Gasteiger partial charge on any atom is -0.459 e. The molecule has 0 aliphatic carbocycles. The van der Waals surface area contributed by atoms with E-state index in [9.17, 15) is 9.36 Å². The number of aromatic nitrogens is 3. The number of esters is 1. The van der Waals surface area contributed by atoms with Crippen LogP contribution in [0.15, 0.2) is 66.7 Å². The second-order valence-corrected chi connectivity index (χ2v) is 13.8. The van der Waals surface area contributed by atoms with Gasteiger partial charge in [-0.3, -0.25) is 9.32 Å². The highest BCUT2D eigenvalue weighted by Crippen LogP contribution is 2.47. The molecule has 11 nitrogen and oxygen atoms in total. The van der Waals surface area contributed by atoms with Gasteiger partial charge in [-0.1, -0.05) is 55.5 Å². The minimum absolute atomic E-state index is 0.0451. The van der Waals surface area contributed by atoms with Gasteiger partial charge in [-0.05, 0) is 70.0 Å². The van der Waals surface area contributed by atoms with Gasteiger partial charge in [0.25, 0.3) is 0 Å². The number of pyridine rings is 1. The molecule has 3 aromatic carbocycles. The van der Waals surface area contributed by atoms with Crippen LogP contribution in [-0.2, 0) is 30.0 Å². The van der Waals surface area contributed by atoms with Gasteiger partial charge < -0.3 is 24.3 Å². The number of para-hydroxylation sites is 1. The lowest BCUT2D eigenvalue weighted by Gasteiger charge is -2.28. The first-order chi connectivity index (χ1) is 21.9. The van der Waals surface area contributed by atoms with Crippen molar-refractivity contribution in [2.45, 2.75) is 72.3 Å². The molecule has 2 aromatic heterocycles. The average molecular weight is 648 g/mol. The SMILES string of the molecule is CCOCc1nc2c(N)nc3ccccc3c2n1[C@H](CC)CO[P@@](=O)(N[C@@H](C)C(=O)OC(C)(C)C)Oc1ccc2ccccc2c1. The normalized spacial score (nSPS) is 14.7. The first-order valence-corrected chi connectivity index (χ1v) is 17.0. The van der Waals surface area contributed by atoms with Gasteiger partial charge in [0.2, 0.25) is 0 Å². The van der Waals surface area contributed by atoms with Gasteiger partial charge in [-0.25, -0.2) is 14.5 Å². The zero-order chi connectivity index (χ0) is 33.1. The third kappa shape index (κ3) is 7.50. The third-order valence-corrected chi connectivity index (χ3v) is 9.04. The van der Waals surface area contributed by atoms with Crippen molar-refractivity contribution in [1.82, 2.24) is 19.6 Å². The fourth-order valence-corrected chi connectivity index (χ4v) is 6.77. The molecule has 5 rings (SSSR count). The Morgan fingerprint density at radius 1 is 1.02 bits per heavy atom. The molecule has 3 N–H and O–H groups in total. The van der Waals surface area contributed by atoms with Crippen molar-refractivity contribution in [1.29, 1.82) is 0 Å². The molecule has 0 aliphatic rings. The quantitative estimate of drug-likeness (QED) is 0.0986. The Bertz CT molecular complexity index is 1900. The standard InChI is InChI=1S/C34H42N5O6P/c1-7-25(39-29(21-42-8-2)37-30-31(39)27-15-11-12-16-28(27)36-32(30)35)20-43-46(41,38-22(3)33(40)44-34(4,5)6)45-26-18-17-23-13-9-10-14-24(23)19-26/h9-19,22,25H,7-8,20-21H2,1-6H3,(H2,35,36)(H,38,41)/t22-,25+,46-/m0/s1. The Morgan fingerprint density at radius 3 is 2.46 bits per heavy atom. The molecule has 0 fully saturated rings. The monoisotopic (exact) mass is 647 g/mol. The van der Waals surface area contributed by atoms with E-state index in [1.54, 1.807) is 39.8 Å². The van der Waals surface area contributed by atoms with E-state index in [1.165, 1.54) is 0 Å². The topological polar surface area (TPSA) is 140 Å². The van der Waals surface area contributed by atoms with Gasteiger partial charge >= 0.3 is 13.7 Å². The molecule has 46 heavy (non-hydrogen) atoms. The zero-order valence-corrected chi connectivity index (χ0v) is 28.0. The molecule has 0 bridgehead atoms. The summed E-state index contributed by atoms with van der Waals surface area (Å²) in [7, 11) is -4.17. The van der Waals surface area contributed by atoms with Gasteiger partial charge in [0.05, 0.1) is 23.7 Å². The number of hydrogen-bond donors (Lipinski definition) is 2. The Balaban J connectivity index is 1.52. The van der Waals surface area contributed by atoms with Crippen LogP contribution in [0.3, 0.4) is 0 Å². The predicted octanol–water partition coefficient (Wildman–Crippen LogP) is 7.33. The first kappa shape index (κ1) is 33.3. The van der Waals surface area contributed by atoms with Gasteiger partial charge in [0, 0.05) is 12.0 Å². The predicted molar refractivity (Wildman–Crippen MR) is 181 cm³/mol. The maximum absolute atomic E-state index is 14.5. The summed E-state index contributed by atoms with van der Waals surface area (Å²) in [5.41, 5.74) is 7.73. The number of hydrogen-bond acceptors (Lipinski definition) is 9. The molecule has 0 saturated carbocycles. The Hall–Kier alpha value is -4.02. The van der Waals surface area contributed by atoms with E-state index in [1.807, 2.05) is 73.0 Å². The first-order valence-electron chi connectivity index (χ1n) is 15.5. The number of imidazole rings is 1. The lowest BCUT2D eigenvalue weighted by Crippen LogP contribution is -2.39. The van der Waals surface area contributed by atoms with E-state index < -0.39 is 25.4 Å². The molecule has 3 atom stereocenters. The second-order valence-electron chi connectivity index (χ2n) is 12.1. The molecule has 0 spiro atoms. The summed E-state index contributed by atoms with van der Waals surface area (Å²) in [6, 6.07) is 19.5. The number of anilines is 1. The van der Waals surface area contributed by atoms with Crippen LogP contribution >= 0.6 is 7.75 Å².